The van der Waals surface area contributed by atoms with Gasteiger partial charge >= 0.3 is 0 Å². The van der Waals surface area contributed by atoms with E-state index in [9.17, 15) is 4.79 Å². The lowest BCUT2D eigenvalue weighted by Gasteiger charge is -2.33. The summed E-state index contributed by atoms with van der Waals surface area (Å²) in [6.45, 7) is 3.27. The van der Waals surface area contributed by atoms with Crippen molar-refractivity contribution in [1.29, 1.82) is 0 Å². The summed E-state index contributed by atoms with van der Waals surface area (Å²) in [7, 11) is 0. The number of carbonyl (C=O) groups excluding carboxylic acids is 1. The van der Waals surface area contributed by atoms with Gasteiger partial charge in [0.05, 0.1) is 0 Å². The number of aromatic nitrogens is 4. The van der Waals surface area contributed by atoms with E-state index in [-0.39, 0.29) is 11.9 Å². The average Bonchev–Trinajstić information content (AvgIpc) is 3.23. The molecule has 4 heterocycles. The molecule has 3 aromatic heterocycles. The maximum Gasteiger partial charge on any atom is 0.217 e. The van der Waals surface area contributed by atoms with Gasteiger partial charge < -0.3 is 10.2 Å². The highest BCUT2D eigenvalue weighted by Crippen LogP contribution is 2.23. The summed E-state index contributed by atoms with van der Waals surface area (Å²) in [4.78, 5) is 13.5. The molecule has 24 heavy (non-hydrogen) atoms. The molecule has 1 atom stereocenters. The second kappa shape index (κ2) is 6.20. The van der Waals surface area contributed by atoms with Crippen molar-refractivity contribution in [1.82, 2.24) is 25.1 Å². The Morgan fingerprint density at radius 1 is 1.33 bits per heavy atom. The van der Waals surface area contributed by atoms with E-state index in [0.717, 1.165) is 48.8 Å². The first-order chi connectivity index (χ1) is 11.7. The zero-order chi connectivity index (χ0) is 16.5. The molecule has 3 aromatic rings. The van der Waals surface area contributed by atoms with Crippen molar-refractivity contribution in [3.05, 3.63) is 29.0 Å². The lowest BCUT2D eigenvalue weighted by molar-refractivity contribution is -0.119. The van der Waals surface area contributed by atoms with Crippen LogP contribution in [0.15, 0.2) is 29.0 Å². The predicted octanol–water partition coefficient (Wildman–Crippen LogP) is 1.96. The number of hydrogen-bond donors (Lipinski definition) is 1. The van der Waals surface area contributed by atoms with Gasteiger partial charge in [0.15, 0.2) is 11.5 Å². The van der Waals surface area contributed by atoms with Gasteiger partial charge in [-0.15, -0.1) is 15.3 Å². The molecule has 1 aliphatic rings. The van der Waals surface area contributed by atoms with Crippen LogP contribution in [0.2, 0.25) is 0 Å². The predicted molar refractivity (Wildman–Crippen MR) is 93.1 cm³/mol. The Morgan fingerprint density at radius 3 is 3.04 bits per heavy atom. The first kappa shape index (κ1) is 15.1. The summed E-state index contributed by atoms with van der Waals surface area (Å²) in [6.07, 6.45) is 2.04. The summed E-state index contributed by atoms with van der Waals surface area (Å²) < 4.78 is 1.79. The maximum atomic E-state index is 11.3. The Kier molecular flexibility index (Phi) is 3.89. The minimum atomic E-state index is 0.0174. The van der Waals surface area contributed by atoms with Crippen LogP contribution in [-0.2, 0) is 4.79 Å². The lowest BCUT2D eigenvalue weighted by Crippen LogP contribution is -2.47. The number of thiophene rings is 1. The Morgan fingerprint density at radius 2 is 2.25 bits per heavy atom. The van der Waals surface area contributed by atoms with Gasteiger partial charge in [-0.05, 0) is 36.4 Å². The molecule has 0 radical (unpaired) electrons. The van der Waals surface area contributed by atoms with E-state index in [0.29, 0.717) is 0 Å². The minimum Gasteiger partial charge on any atom is -0.353 e. The molecule has 4 rings (SSSR count). The standard InChI is InChI=1S/C16H18N6OS/c1-11(23)17-13-3-2-7-21(9-13)15-5-4-14-18-19-16(22(14)20-15)12-6-8-24-10-12/h4-6,8,10,13H,2-3,7,9H2,1H3,(H,17,23). The van der Waals surface area contributed by atoms with Crippen molar-refractivity contribution in [2.75, 3.05) is 18.0 Å². The molecular formula is C16H18N6OS. The van der Waals surface area contributed by atoms with E-state index in [4.69, 9.17) is 5.10 Å². The van der Waals surface area contributed by atoms with Crippen molar-refractivity contribution in [3.63, 3.8) is 0 Å². The Labute approximate surface area is 143 Å². The van der Waals surface area contributed by atoms with Crippen LogP contribution in [0.1, 0.15) is 19.8 Å². The Bertz CT molecular complexity index is 859. The van der Waals surface area contributed by atoms with Gasteiger partial charge in [0.2, 0.25) is 5.91 Å². The monoisotopic (exact) mass is 342 g/mol. The number of rotatable bonds is 3. The third-order valence-electron chi connectivity index (χ3n) is 4.18. The van der Waals surface area contributed by atoms with E-state index >= 15 is 0 Å². The molecule has 1 fully saturated rings. The van der Waals surface area contributed by atoms with Gasteiger partial charge in [0, 0.05) is 37.0 Å². The normalized spacial score (nSPS) is 18.0. The number of hydrogen-bond acceptors (Lipinski definition) is 6. The van der Waals surface area contributed by atoms with Gasteiger partial charge in [0.25, 0.3) is 0 Å². The highest BCUT2D eigenvalue weighted by molar-refractivity contribution is 7.08. The molecule has 0 bridgehead atoms. The van der Waals surface area contributed by atoms with Crippen LogP contribution in [0, 0.1) is 0 Å². The van der Waals surface area contributed by atoms with Gasteiger partial charge in [-0.2, -0.15) is 15.9 Å². The number of fused-ring (bicyclic) bond motifs is 1. The van der Waals surface area contributed by atoms with E-state index < -0.39 is 0 Å². The second-order valence-electron chi connectivity index (χ2n) is 5.98. The highest BCUT2D eigenvalue weighted by Gasteiger charge is 2.22. The molecule has 0 saturated carbocycles. The number of anilines is 1. The molecule has 0 aliphatic carbocycles. The van der Waals surface area contributed by atoms with Gasteiger partial charge in [0.1, 0.15) is 5.82 Å². The van der Waals surface area contributed by atoms with Crippen molar-refractivity contribution in [2.45, 2.75) is 25.8 Å². The SMILES string of the molecule is CC(=O)NC1CCCN(c2ccc3nnc(-c4ccsc4)n3n2)C1. The molecule has 1 N–H and O–H groups in total. The second-order valence-corrected chi connectivity index (χ2v) is 6.76. The van der Waals surface area contributed by atoms with Gasteiger partial charge in [-0.3, -0.25) is 4.79 Å². The zero-order valence-electron chi connectivity index (χ0n) is 13.3. The Hall–Kier alpha value is -2.48. The van der Waals surface area contributed by atoms with E-state index in [2.05, 4.69) is 20.4 Å². The van der Waals surface area contributed by atoms with Gasteiger partial charge in [-0.25, -0.2) is 0 Å². The fourth-order valence-electron chi connectivity index (χ4n) is 3.11. The molecule has 124 valence electrons. The molecule has 0 aromatic carbocycles. The van der Waals surface area contributed by atoms with Crippen LogP contribution in [0.3, 0.4) is 0 Å². The van der Waals surface area contributed by atoms with Crippen molar-refractivity contribution in [3.8, 4) is 11.4 Å². The fourth-order valence-corrected chi connectivity index (χ4v) is 3.74. The number of nitrogens with one attached hydrogen (secondary N) is 1. The largest absolute Gasteiger partial charge is 0.353 e. The molecule has 1 saturated heterocycles. The molecule has 8 heteroatoms. The third-order valence-corrected chi connectivity index (χ3v) is 4.86. The topological polar surface area (TPSA) is 75.4 Å². The minimum absolute atomic E-state index is 0.0174. The third kappa shape index (κ3) is 2.84. The lowest BCUT2D eigenvalue weighted by atomic mass is 10.1. The van der Waals surface area contributed by atoms with Crippen LogP contribution >= 0.6 is 11.3 Å². The van der Waals surface area contributed by atoms with Crippen LogP contribution in [0.4, 0.5) is 5.82 Å². The molecule has 1 amide bonds. The number of piperidine rings is 1. The van der Waals surface area contributed by atoms with Crippen molar-refractivity contribution < 1.29 is 4.79 Å². The molecule has 7 nitrogen and oxygen atoms in total. The summed E-state index contributed by atoms with van der Waals surface area (Å²) in [5.74, 6) is 1.65. The molecule has 1 aliphatic heterocycles. The van der Waals surface area contributed by atoms with Crippen molar-refractivity contribution in [2.24, 2.45) is 0 Å². The highest BCUT2D eigenvalue weighted by atomic mass is 32.1. The van der Waals surface area contributed by atoms with Crippen LogP contribution < -0.4 is 10.2 Å². The molecule has 0 spiro atoms. The average molecular weight is 342 g/mol. The van der Waals surface area contributed by atoms with Crippen molar-refractivity contribution >= 4 is 28.7 Å². The smallest absolute Gasteiger partial charge is 0.217 e. The van der Waals surface area contributed by atoms with Crippen LogP contribution in [0.5, 0.6) is 0 Å². The molecule has 1 unspecified atom stereocenters. The summed E-state index contributed by atoms with van der Waals surface area (Å²) in [6, 6.07) is 6.10. The quantitative estimate of drug-likeness (QED) is 0.787. The van der Waals surface area contributed by atoms with Gasteiger partial charge in [-0.1, -0.05) is 0 Å². The summed E-state index contributed by atoms with van der Waals surface area (Å²) in [5.41, 5.74) is 1.75. The maximum absolute atomic E-state index is 11.3. The summed E-state index contributed by atoms with van der Waals surface area (Å²) in [5, 5.41) is 20.3. The first-order valence-corrected chi connectivity index (χ1v) is 8.92. The fraction of sp³-hybridized carbons (Fsp3) is 0.375. The Balaban J connectivity index is 1.65. The molecular weight excluding hydrogens is 324 g/mol. The van der Waals surface area contributed by atoms with Crippen LogP contribution in [-0.4, -0.2) is 44.8 Å². The first-order valence-electron chi connectivity index (χ1n) is 7.98. The van der Waals surface area contributed by atoms with E-state index in [1.807, 2.05) is 29.0 Å². The number of amides is 1. The van der Waals surface area contributed by atoms with Crippen LogP contribution in [0.25, 0.3) is 17.0 Å². The van der Waals surface area contributed by atoms with E-state index in [1.54, 1.807) is 22.8 Å². The zero-order valence-corrected chi connectivity index (χ0v) is 14.2. The van der Waals surface area contributed by atoms with E-state index in [1.165, 1.54) is 0 Å². The summed E-state index contributed by atoms with van der Waals surface area (Å²) >= 11 is 1.63. The number of carbonyl (C=O) groups is 1. The number of nitrogens with zero attached hydrogens (tertiary/aromatic N) is 5.